The van der Waals surface area contributed by atoms with Gasteiger partial charge in [0, 0.05) is 21.8 Å². The van der Waals surface area contributed by atoms with E-state index in [9.17, 15) is 9.59 Å². The summed E-state index contributed by atoms with van der Waals surface area (Å²) < 4.78 is 1.57. The lowest BCUT2D eigenvalue weighted by molar-refractivity contribution is 0.105. The first kappa shape index (κ1) is 17.2. The van der Waals surface area contributed by atoms with Crippen LogP contribution in [0.25, 0.3) is 11.8 Å². The number of ketones is 1. The monoisotopic (exact) mass is 369 g/mol. The molecule has 1 heterocycles. The molecule has 3 nitrogen and oxygen atoms in total. The summed E-state index contributed by atoms with van der Waals surface area (Å²) in [5.74, 6) is -0.217. The van der Waals surface area contributed by atoms with Crippen LogP contribution >= 0.6 is 23.2 Å². The molecule has 0 spiro atoms. The van der Waals surface area contributed by atoms with Crippen molar-refractivity contribution in [3.63, 3.8) is 0 Å². The van der Waals surface area contributed by atoms with Gasteiger partial charge in [0.15, 0.2) is 6.29 Å². The Kier molecular flexibility index (Phi) is 5.17. The van der Waals surface area contributed by atoms with Crippen molar-refractivity contribution in [2.75, 3.05) is 0 Å². The van der Waals surface area contributed by atoms with Gasteiger partial charge < -0.3 is 4.57 Å². The van der Waals surface area contributed by atoms with Crippen molar-refractivity contribution in [3.05, 3.63) is 93.7 Å². The molecule has 0 aliphatic rings. The van der Waals surface area contributed by atoms with E-state index in [1.165, 1.54) is 0 Å². The summed E-state index contributed by atoms with van der Waals surface area (Å²) in [5.41, 5.74) is 2.03. The van der Waals surface area contributed by atoms with Crippen LogP contribution in [0.5, 0.6) is 0 Å². The van der Waals surface area contributed by atoms with E-state index >= 15 is 0 Å². The molecule has 5 heteroatoms. The molecule has 0 aliphatic heterocycles. The number of hydrogen-bond donors (Lipinski definition) is 0. The molecular formula is C20H13Cl2NO2. The van der Waals surface area contributed by atoms with Gasteiger partial charge in [-0.05, 0) is 60.2 Å². The average Bonchev–Trinajstić information content (AvgIpc) is 3.10. The molecule has 0 bridgehead atoms. The van der Waals surface area contributed by atoms with Crippen molar-refractivity contribution >= 4 is 47.0 Å². The number of carbonyl (C=O) groups excluding carboxylic acids is 2. The molecule has 0 amide bonds. The van der Waals surface area contributed by atoms with Crippen LogP contribution in [0.2, 0.25) is 10.0 Å². The average molecular weight is 370 g/mol. The second kappa shape index (κ2) is 7.51. The zero-order valence-electron chi connectivity index (χ0n) is 13.0. The maximum atomic E-state index is 13.0. The Hall–Kier alpha value is -2.62. The fourth-order valence-electron chi connectivity index (χ4n) is 2.42. The first-order valence-electron chi connectivity index (χ1n) is 7.49. The summed E-state index contributed by atoms with van der Waals surface area (Å²) in [6.45, 7) is 0. The number of nitrogens with zero attached hydrogens (tertiary/aromatic N) is 1. The smallest absolute Gasteiger partial charge is 0.209 e. The van der Waals surface area contributed by atoms with Crippen molar-refractivity contribution in [2.45, 2.75) is 0 Å². The molecule has 0 N–H and O–H groups in total. The van der Waals surface area contributed by atoms with E-state index in [0.717, 1.165) is 5.56 Å². The second-order valence-corrected chi connectivity index (χ2v) is 6.21. The SMILES string of the molecule is O=Cc1cccn1/C(=C\c1ccc(Cl)cc1)C(=O)c1ccc(Cl)cc1. The minimum atomic E-state index is -0.217. The highest BCUT2D eigenvalue weighted by molar-refractivity contribution is 6.32. The maximum absolute atomic E-state index is 13.0. The van der Waals surface area contributed by atoms with Gasteiger partial charge in [-0.1, -0.05) is 35.3 Å². The standard InChI is InChI=1S/C20H13Cl2NO2/c21-16-7-3-14(4-8-16)12-19(23-11-1-2-18(23)13-24)20(25)15-5-9-17(22)10-6-15/h1-13H/b19-12-. The van der Waals surface area contributed by atoms with Gasteiger partial charge in [-0.2, -0.15) is 0 Å². The predicted molar refractivity (Wildman–Crippen MR) is 101 cm³/mol. The molecule has 3 aromatic rings. The lowest BCUT2D eigenvalue weighted by atomic mass is 10.1. The number of aromatic nitrogens is 1. The van der Waals surface area contributed by atoms with Crippen LogP contribution in [0.15, 0.2) is 66.9 Å². The molecule has 0 unspecified atom stereocenters. The van der Waals surface area contributed by atoms with Crippen LogP contribution in [0.1, 0.15) is 26.4 Å². The number of hydrogen-bond acceptors (Lipinski definition) is 2. The Balaban J connectivity index is 2.11. The van der Waals surface area contributed by atoms with Crippen molar-refractivity contribution in [3.8, 4) is 0 Å². The van der Waals surface area contributed by atoms with Crippen LogP contribution in [0, 0.1) is 0 Å². The normalized spacial score (nSPS) is 11.4. The molecule has 0 aliphatic carbocycles. The van der Waals surface area contributed by atoms with Gasteiger partial charge in [-0.3, -0.25) is 9.59 Å². The lowest BCUT2D eigenvalue weighted by Crippen LogP contribution is -2.11. The molecule has 3 rings (SSSR count). The van der Waals surface area contributed by atoms with Crippen molar-refractivity contribution < 1.29 is 9.59 Å². The third-order valence-corrected chi connectivity index (χ3v) is 4.18. The van der Waals surface area contributed by atoms with Crippen LogP contribution in [0.3, 0.4) is 0 Å². The Morgan fingerprint density at radius 1 is 0.880 bits per heavy atom. The van der Waals surface area contributed by atoms with Gasteiger partial charge in [-0.15, -0.1) is 0 Å². The van der Waals surface area contributed by atoms with Crippen molar-refractivity contribution in [1.82, 2.24) is 4.57 Å². The van der Waals surface area contributed by atoms with E-state index in [2.05, 4.69) is 0 Å². The molecule has 124 valence electrons. The number of rotatable bonds is 5. The molecule has 0 atom stereocenters. The van der Waals surface area contributed by atoms with E-state index in [0.29, 0.717) is 33.3 Å². The van der Waals surface area contributed by atoms with E-state index in [-0.39, 0.29) is 5.78 Å². The van der Waals surface area contributed by atoms with Crippen LogP contribution in [-0.4, -0.2) is 16.6 Å². The maximum Gasteiger partial charge on any atom is 0.209 e. The van der Waals surface area contributed by atoms with Crippen molar-refractivity contribution in [1.29, 1.82) is 0 Å². The van der Waals surface area contributed by atoms with E-state index in [4.69, 9.17) is 23.2 Å². The van der Waals surface area contributed by atoms with Crippen LogP contribution in [0.4, 0.5) is 0 Å². The topological polar surface area (TPSA) is 39.1 Å². The zero-order chi connectivity index (χ0) is 17.8. The minimum Gasteiger partial charge on any atom is -0.311 e. The summed E-state index contributed by atoms with van der Waals surface area (Å²) in [7, 11) is 0. The van der Waals surface area contributed by atoms with Gasteiger partial charge in [0.05, 0.1) is 11.4 Å². The fourth-order valence-corrected chi connectivity index (χ4v) is 2.67. The zero-order valence-corrected chi connectivity index (χ0v) is 14.5. The summed E-state index contributed by atoms with van der Waals surface area (Å²) in [6, 6.07) is 17.1. The Morgan fingerprint density at radius 3 is 2.08 bits per heavy atom. The molecule has 25 heavy (non-hydrogen) atoms. The third-order valence-electron chi connectivity index (χ3n) is 3.67. The number of aldehydes is 1. The number of allylic oxidation sites excluding steroid dienone is 1. The molecular weight excluding hydrogens is 357 g/mol. The number of Topliss-reactive ketones (excluding diaryl/α,β-unsaturated/α-hetero) is 1. The van der Waals surface area contributed by atoms with E-state index < -0.39 is 0 Å². The van der Waals surface area contributed by atoms with Gasteiger partial charge >= 0.3 is 0 Å². The third kappa shape index (κ3) is 3.90. The Morgan fingerprint density at radius 2 is 1.48 bits per heavy atom. The quantitative estimate of drug-likeness (QED) is 0.339. The van der Waals surface area contributed by atoms with Gasteiger partial charge in [-0.25, -0.2) is 0 Å². The molecule has 1 aromatic heterocycles. The summed E-state index contributed by atoms with van der Waals surface area (Å²) in [5, 5.41) is 1.16. The summed E-state index contributed by atoms with van der Waals surface area (Å²) >= 11 is 11.8. The van der Waals surface area contributed by atoms with Crippen molar-refractivity contribution in [2.24, 2.45) is 0 Å². The highest BCUT2D eigenvalue weighted by atomic mass is 35.5. The van der Waals surface area contributed by atoms with Crippen LogP contribution < -0.4 is 0 Å². The first-order valence-corrected chi connectivity index (χ1v) is 8.24. The molecule has 0 saturated carbocycles. The van der Waals surface area contributed by atoms with Gasteiger partial charge in [0.2, 0.25) is 5.78 Å². The minimum absolute atomic E-state index is 0.217. The van der Waals surface area contributed by atoms with E-state index in [1.807, 2.05) is 12.1 Å². The number of halogens is 2. The molecule has 2 aromatic carbocycles. The molecule has 0 saturated heterocycles. The predicted octanol–water partition coefficient (Wildman–Crippen LogP) is 5.49. The molecule has 0 fully saturated rings. The lowest BCUT2D eigenvalue weighted by Gasteiger charge is -2.11. The largest absolute Gasteiger partial charge is 0.311 e. The summed E-state index contributed by atoms with van der Waals surface area (Å²) in [4.78, 5) is 24.3. The number of benzene rings is 2. The Labute approximate surface area is 155 Å². The molecule has 0 radical (unpaired) electrons. The van der Waals surface area contributed by atoms with Gasteiger partial charge in [0.1, 0.15) is 0 Å². The fraction of sp³-hybridized carbons (Fsp3) is 0. The highest BCUT2D eigenvalue weighted by Gasteiger charge is 2.16. The summed E-state index contributed by atoms with van der Waals surface area (Å²) in [6.07, 6.45) is 4.12. The Bertz CT molecular complexity index is 939. The first-order chi connectivity index (χ1) is 12.1. The van der Waals surface area contributed by atoms with Gasteiger partial charge in [0.25, 0.3) is 0 Å². The van der Waals surface area contributed by atoms with Crippen LogP contribution in [-0.2, 0) is 0 Å². The van der Waals surface area contributed by atoms with E-state index in [1.54, 1.807) is 65.4 Å². The second-order valence-electron chi connectivity index (χ2n) is 5.34. The number of carbonyl (C=O) groups is 2. The highest BCUT2D eigenvalue weighted by Crippen LogP contribution is 2.21.